The van der Waals surface area contributed by atoms with Gasteiger partial charge in [-0.2, -0.15) is 0 Å². The van der Waals surface area contributed by atoms with Crippen LogP contribution in [0.25, 0.3) is 0 Å². The third-order valence-electron chi connectivity index (χ3n) is 2.04. The Morgan fingerprint density at radius 3 is 2.75 bits per heavy atom. The minimum absolute atomic E-state index is 0.312. The van der Waals surface area contributed by atoms with Crippen LogP contribution < -0.4 is 5.32 Å². The SMILES string of the molecule is C[C@H](C#CCCc1ccccc1)NC(=O)O. The summed E-state index contributed by atoms with van der Waals surface area (Å²) in [5, 5.41) is 10.7. The van der Waals surface area contributed by atoms with Gasteiger partial charge in [0.1, 0.15) is 0 Å². The second kappa shape index (κ2) is 6.52. The molecule has 0 fully saturated rings. The Morgan fingerprint density at radius 1 is 1.44 bits per heavy atom. The standard InChI is InChI=1S/C13H15NO2/c1-11(14-13(15)16)7-5-6-10-12-8-3-2-4-9-12/h2-4,8-9,11,14H,6,10H2,1H3,(H,15,16)/t11-/m1/s1. The van der Waals surface area contributed by atoms with E-state index in [1.54, 1.807) is 6.92 Å². The number of hydrogen-bond acceptors (Lipinski definition) is 1. The maximum atomic E-state index is 10.3. The van der Waals surface area contributed by atoms with Gasteiger partial charge in [-0.3, -0.25) is 0 Å². The van der Waals surface area contributed by atoms with Crippen LogP contribution in [0, 0.1) is 11.8 Å². The molecule has 2 N–H and O–H groups in total. The van der Waals surface area contributed by atoms with Crippen molar-refractivity contribution in [1.82, 2.24) is 5.32 Å². The van der Waals surface area contributed by atoms with E-state index in [0.717, 1.165) is 12.8 Å². The van der Waals surface area contributed by atoms with Gasteiger partial charge in [0, 0.05) is 6.42 Å². The molecule has 0 saturated carbocycles. The molecule has 0 bridgehead atoms. The van der Waals surface area contributed by atoms with E-state index in [2.05, 4.69) is 29.3 Å². The first-order valence-corrected chi connectivity index (χ1v) is 5.20. The van der Waals surface area contributed by atoms with Crippen LogP contribution in [0.2, 0.25) is 0 Å². The van der Waals surface area contributed by atoms with Gasteiger partial charge in [0.15, 0.2) is 0 Å². The van der Waals surface area contributed by atoms with Gasteiger partial charge in [0.05, 0.1) is 6.04 Å². The zero-order valence-corrected chi connectivity index (χ0v) is 9.23. The number of benzene rings is 1. The maximum absolute atomic E-state index is 10.3. The van der Waals surface area contributed by atoms with Crippen molar-refractivity contribution in [3.63, 3.8) is 0 Å². The minimum Gasteiger partial charge on any atom is -0.465 e. The van der Waals surface area contributed by atoms with E-state index in [0.29, 0.717) is 0 Å². The van der Waals surface area contributed by atoms with Crippen LogP contribution in [-0.2, 0) is 6.42 Å². The first-order chi connectivity index (χ1) is 7.68. The van der Waals surface area contributed by atoms with Crippen molar-refractivity contribution in [2.75, 3.05) is 0 Å². The van der Waals surface area contributed by atoms with Crippen LogP contribution in [0.4, 0.5) is 4.79 Å². The summed E-state index contributed by atoms with van der Waals surface area (Å²) in [5.74, 6) is 5.81. The highest BCUT2D eigenvalue weighted by Crippen LogP contribution is 2.01. The molecular weight excluding hydrogens is 202 g/mol. The van der Waals surface area contributed by atoms with Crippen molar-refractivity contribution < 1.29 is 9.90 Å². The number of hydrogen-bond donors (Lipinski definition) is 2. The third kappa shape index (κ3) is 5.06. The zero-order valence-electron chi connectivity index (χ0n) is 9.23. The molecule has 3 nitrogen and oxygen atoms in total. The lowest BCUT2D eigenvalue weighted by Crippen LogP contribution is -2.29. The van der Waals surface area contributed by atoms with Crippen LogP contribution in [0.15, 0.2) is 30.3 Å². The van der Waals surface area contributed by atoms with Crippen molar-refractivity contribution in [2.45, 2.75) is 25.8 Å². The molecule has 1 amide bonds. The van der Waals surface area contributed by atoms with Crippen molar-refractivity contribution in [1.29, 1.82) is 0 Å². The average Bonchev–Trinajstić information content (AvgIpc) is 2.25. The molecule has 84 valence electrons. The normalized spacial score (nSPS) is 11.1. The van der Waals surface area contributed by atoms with E-state index < -0.39 is 6.09 Å². The van der Waals surface area contributed by atoms with Crippen LogP contribution in [0.3, 0.4) is 0 Å². The number of carbonyl (C=O) groups is 1. The van der Waals surface area contributed by atoms with E-state index in [4.69, 9.17) is 5.11 Å². The summed E-state index contributed by atoms with van der Waals surface area (Å²) in [6.45, 7) is 1.73. The fourth-order valence-corrected chi connectivity index (χ4v) is 1.30. The molecule has 0 aliphatic heterocycles. The number of amides is 1. The lowest BCUT2D eigenvalue weighted by molar-refractivity contribution is 0.193. The van der Waals surface area contributed by atoms with Crippen molar-refractivity contribution in [3.8, 4) is 11.8 Å². The largest absolute Gasteiger partial charge is 0.465 e. The summed E-state index contributed by atoms with van der Waals surface area (Å²) >= 11 is 0. The second-order valence-electron chi connectivity index (χ2n) is 3.48. The molecule has 1 atom stereocenters. The molecule has 3 heteroatoms. The molecule has 0 radical (unpaired) electrons. The number of carboxylic acid groups (broad SMARTS) is 1. The van der Waals surface area contributed by atoms with E-state index >= 15 is 0 Å². The quantitative estimate of drug-likeness (QED) is 0.763. The van der Waals surface area contributed by atoms with Gasteiger partial charge in [-0.1, -0.05) is 36.3 Å². The maximum Gasteiger partial charge on any atom is 0.405 e. The van der Waals surface area contributed by atoms with Gasteiger partial charge < -0.3 is 10.4 Å². The van der Waals surface area contributed by atoms with Crippen LogP contribution in [0.1, 0.15) is 18.9 Å². The zero-order chi connectivity index (χ0) is 11.8. The molecule has 1 rings (SSSR count). The summed E-state index contributed by atoms with van der Waals surface area (Å²) in [7, 11) is 0. The number of aryl methyl sites for hydroxylation is 1. The Balaban J connectivity index is 2.30. The Morgan fingerprint density at radius 2 is 2.12 bits per heavy atom. The molecule has 0 aliphatic rings. The Kier molecular flexibility index (Phi) is 4.94. The van der Waals surface area contributed by atoms with E-state index in [-0.39, 0.29) is 6.04 Å². The molecule has 0 aliphatic carbocycles. The predicted molar refractivity (Wildman–Crippen MR) is 63.2 cm³/mol. The van der Waals surface area contributed by atoms with Gasteiger partial charge in [-0.15, -0.1) is 5.92 Å². The summed E-state index contributed by atoms with van der Waals surface area (Å²) in [5.41, 5.74) is 1.25. The van der Waals surface area contributed by atoms with E-state index in [1.165, 1.54) is 5.56 Å². The molecule has 0 heterocycles. The van der Waals surface area contributed by atoms with Gasteiger partial charge in [-0.25, -0.2) is 4.79 Å². The molecule has 1 aromatic carbocycles. The highest BCUT2D eigenvalue weighted by atomic mass is 16.4. The number of rotatable bonds is 3. The Hall–Kier alpha value is -1.95. The average molecular weight is 217 g/mol. The van der Waals surface area contributed by atoms with Gasteiger partial charge >= 0.3 is 6.09 Å². The fraction of sp³-hybridized carbons (Fsp3) is 0.308. The summed E-state index contributed by atoms with van der Waals surface area (Å²) in [6.07, 6.45) is 0.605. The van der Waals surface area contributed by atoms with Crippen LogP contribution in [-0.4, -0.2) is 17.2 Å². The fourth-order valence-electron chi connectivity index (χ4n) is 1.30. The molecule has 16 heavy (non-hydrogen) atoms. The summed E-state index contributed by atoms with van der Waals surface area (Å²) in [4.78, 5) is 10.3. The highest BCUT2D eigenvalue weighted by molar-refractivity contribution is 5.65. The molecule has 1 aromatic rings. The van der Waals surface area contributed by atoms with Crippen LogP contribution >= 0.6 is 0 Å². The monoisotopic (exact) mass is 217 g/mol. The van der Waals surface area contributed by atoms with Gasteiger partial charge in [0.25, 0.3) is 0 Å². The molecule has 0 spiro atoms. The van der Waals surface area contributed by atoms with Gasteiger partial charge in [0.2, 0.25) is 0 Å². The lowest BCUT2D eigenvalue weighted by Gasteiger charge is -2.01. The topological polar surface area (TPSA) is 49.3 Å². The highest BCUT2D eigenvalue weighted by Gasteiger charge is 1.98. The predicted octanol–water partition coefficient (Wildman–Crippen LogP) is 2.28. The number of nitrogens with one attached hydrogen (secondary N) is 1. The molecule has 0 saturated heterocycles. The van der Waals surface area contributed by atoms with Crippen molar-refractivity contribution in [3.05, 3.63) is 35.9 Å². The molecule has 0 aromatic heterocycles. The second-order valence-corrected chi connectivity index (χ2v) is 3.48. The van der Waals surface area contributed by atoms with E-state index in [1.807, 2.05) is 18.2 Å². The Bertz CT molecular complexity index is 389. The molecule has 0 unspecified atom stereocenters. The summed E-state index contributed by atoms with van der Waals surface area (Å²) in [6, 6.07) is 9.78. The minimum atomic E-state index is -1.04. The van der Waals surface area contributed by atoms with Crippen LogP contribution in [0.5, 0.6) is 0 Å². The van der Waals surface area contributed by atoms with Crippen molar-refractivity contribution in [2.24, 2.45) is 0 Å². The van der Waals surface area contributed by atoms with Crippen molar-refractivity contribution >= 4 is 6.09 Å². The smallest absolute Gasteiger partial charge is 0.405 e. The van der Waals surface area contributed by atoms with E-state index in [9.17, 15) is 4.79 Å². The van der Waals surface area contributed by atoms with Gasteiger partial charge in [-0.05, 0) is 18.9 Å². The Labute approximate surface area is 95.5 Å². The lowest BCUT2D eigenvalue weighted by atomic mass is 10.1. The molecular formula is C13H15NO2. The summed E-state index contributed by atoms with van der Waals surface area (Å²) < 4.78 is 0. The third-order valence-corrected chi connectivity index (χ3v) is 2.04. The first kappa shape index (κ1) is 12.1. The first-order valence-electron chi connectivity index (χ1n) is 5.20.